The monoisotopic (exact) mass is 296 g/mol. The first-order valence-corrected chi connectivity index (χ1v) is 7.96. The molecule has 2 aliphatic rings. The van der Waals surface area contributed by atoms with Crippen molar-refractivity contribution in [2.24, 2.45) is 0 Å². The van der Waals surface area contributed by atoms with Gasteiger partial charge in [-0.3, -0.25) is 4.98 Å². The van der Waals surface area contributed by atoms with Crippen molar-refractivity contribution in [1.82, 2.24) is 10.3 Å². The van der Waals surface area contributed by atoms with Gasteiger partial charge in [0.2, 0.25) is 0 Å². The lowest BCUT2D eigenvalue weighted by atomic mass is 10.0. The maximum atomic E-state index is 6.18. The highest BCUT2D eigenvalue weighted by atomic mass is 16.5. The fourth-order valence-corrected chi connectivity index (χ4v) is 3.45. The topological polar surface area (TPSA) is 43.4 Å². The van der Waals surface area contributed by atoms with Crippen LogP contribution in [0, 0.1) is 0 Å². The van der Waals surface area contributed by atoms with E-state index in [1.54, 1.807) is 12.4 Å². The Morgan fingerprint density at radius 3 is 2.50 bits per heavy atom. The average Bonchev–Trinajstić information content (AvgIpc) is 2.87. The van der Waals surface area contributed by atoms with Gasteiger partial charge in [0.15, 0.2) is 0 Å². The zero-order valence-corrected chi connectivity index (χ0v) is 12.4. The molecule has 3 heterocycles. The minimum Gasteiger partial charge on any atom is -0.490 e. The van der Waals surface area contributed by atoms with E-state index in [-0.39, 0.29) is 0 Å². The molecule has 0 unspecified atom stereocenters. The Hall–Kier alpha value is -2.07. The fourth-order valence-electron chi connectivity index (χ4n) is 3.45. The molecular formula is C18H20N2O2. The van der Waals surface area contributed by atoms with Gasteiger partial charge in [-0.25, -0.2) is 0 Å². The van der Waals surface area contributed by atoms with E-state index in [2.05, 4.69) is 10.3 Å². The summed E-state index contributed by atoms with van der Waals surface area (Å²) < 4.78 is 12.0. The number of nitrogens with one attached hydrogen (secondary N) is 1. The van der Waals surface area contributed by atoms with Crippen molar-refractivity contribution in [3.05, 3.63) is 48.8 Å². The Kier molecular flexibility index (Phi) is 3.69. The third kappa shape index (κ3) is 3.07. The van der Waals surface area contributed by atoms with Crippen molar-refractivity contribution >= 4 is 0 Å². The molecule has 1 aromatic carbocycles. The van der Waals surface area contributed by atoms with Gasteiger partial charge in [-0.15, -0.1) is 0 Å². The molecule has 0 amide bonds. The van der Waals surface area contributed by atoms with Crippen molar-refractivity contribution in [2.45, 2.75) is 43.9 Å². The molecule has 0 spiro atoms. The van der Waals surface area contributed by atoms with Gasteiger partial charge in [-0.2, -0.15) is 0 Å². The van der Waals surface area contributed by atoms with Crippen molar-refractivity contribution in [2.75, 3.05) is 0 Å². The molecular weight excluding hydrogens is 276 g/mol. The number of hydrogen-bond acceptors (Lipinski definition) is 4. The molecule has 0 aliphatic carbocycles. The van der Waals surface area contributed by atoms with Crippen LogP contribution in [0.1, 0.15) is 25.7 Å². The van der Waals surface area contributed by atoms with Crippen LogP contribution in [0.25, 0.3) is 0 Å². The second-order valence-electron chi connectivity index (χ2n) is 6.11. The van der Waals surface area contributed by atoms with Gasteiger partial charge in [-0.1, -0.05) is 6.07 Å². The molecule has 1 N–H and O–H groups in total. The van der Waals surface area contributed by atoms with Crippen molar-refractivity contribution in [3.8, 4) is 17.2 Å². The third-order valence-corrected chi connectivity index (χ3v) is 4.41. The highest BCUT2D eigenvalue weighted by Crippen LogP contribution is 2.31. The number of fused-ring (bicyclic) bond motifs is 2. The fraction of sp³-hybridized carbons (Fsp3) is 0.389. The zero-order chi connectivity index (χ0) is 14.8. The van der Waals surface area contributed by atoms with E-state index in [1.807, 2.05) is 36.4 Å². The number of hydrogen-bond donors (Lipinski definition) is 1. The number of benzene rings is 1. The first-order valence-electron chi connectivity index (χ1n) is 7.96. The maximum absolute atomic E-state index is 6.18. The third-order valence-electron chi connectivity index (χ3n) is 4.41. The first-order chi connectivity index (χ1) is 10.8. The van der Waals surface area contributed by atoms with Crippen molar-refractivity contribution in [3.63, 3.8) is 0 Å². The lowest BCUT2D eigenvalue weighted by Gasteiger charge is -2.29. The highest BCUT2D eigenvalue weighted by Gasteiger charge is 2.34. The summed E-state index contributed by atoms with van der Waals surface area (Å²) in [6, 6.07) is 12.9. The van der Waals surface area contributed by atoms with Gasteiger partial charge < -0.3 is 14.8 Å². The lowest BCUT2D eigenvalue weighted by molar-refractivity contribution is 0.137. The Bertz CT molecular complexity index is 620. The molecule has 2 aliphatic heterocycles. The zero-order valence-electron chi connectivity index (χ0n) is 12.4. The first kappa shape index (κ1) is 13.6. The summed E-state index contributed by atoms with van der Waals surface area (Å²) in [6.45, 7) is 0. The minimum absolute atomic E-state index is 0.312. The Labute approximate surface area is 130 Å². The van der Waals surface area contributed by atoms with Gasteiger partial charge in [0.1, 0.15) is 23.4 Å². The molecule has 2 saturated heterocycles. The van der Waals surface area contributed by atoms with Crippen LogP contribution in [0.5, 0.6) is 17.2 Å². The van der Waals surface area contributed by atoms with Crippen LogP contribution in [-0.4, -0.2) is 23.2 Å². The van der Waals surface area contributed by atoms with E-state index in [0.717, 1.165) is 30.1 Å². The van der Waals surface area contributed by atoms with Crippen LogP contribution in [0.2, 0.25) is 0 Å². The molecule has 4 rings (SSSR count). The smallest absolute Gasteiger partial charge is 0.145 e. The second kappa shape index (κ2) is 5.97. The van der Waals surface area contributed by atoms with Crippen LogP contribution < -0.4 is 14.8 Å². The molecule has 1 aromatic heterocycles. The molecule has 3 atom stereocenters. The summed E-state index contributed by atoms with van der Waals surface area (Å²) in [5, 5.41) is 3.64. The molecule has 0 radical (unpaired) electrons. The summed E-state index contributed by atoms with van der Waals surface area (Å²) in [5.74, 6) is 2.40. The van der Waals surface area contributed by atoms with Gasteiger partial charge in [0.25, 0.3) is 0 Å². The van der Waals surface area contributed by atoms with E-state index in [9.17, 15) is 0 Å². The summed E-state index contributed by atoms with van der Waals surface area (Å²) >= 11 is 0. The second-order valence-corrected chi connectivity index (χ2v) is 6.11. The van der Waals surface area contributed by atoms with Gasteiger partial charge >= 0.3 is 0 Å². The quantitative estimate of drug-likeness (QED) is 0.937. The Morgan fingerprint density at radius 2 is 1.73 bits per heavy atom. The molecule has 22 heavy (non-hydrogen) atoms. The normalized spacial score (nSPS) is 26.6. The Balaban J connectivity index is 1.43. The number of rotatable bonds is 4. The maximum Gasteiger partial charge on any atom is 0.145 e. The van der Waals surface area contributed by atoms with E-state index in [4.69, 9.17) is 9.47 Å². The standard InChI is InChI=1S/C18H20N2O2/c1-3-15(21-17-5-2-8-19-12-17)11-16(4-1)22-18-9-13-6-7-14(10-18)20-13/h1-5,8,11-14,18,20H,6-7,9-10H2/t13-,14+,18-. The van der Waals surface area contributed by atoms with Crippen LogP contribution in [0.3, 0.4) is 0 Å². The summed E-state index contributed by atoms with van der Waals surface area (Å²) in [4.78, 5) is 4.06. The summed E-state index contributed by atoms with van der Waals surface area (Å²) in [7, 11) is 0. The average molecular weight is 296 g/mol. The molecule has 2 aromatic rings. The number of ether oxygens (including phenoxy) is 2. The van der Waals surface area contributed by atoms with Gasteiger partial charge in [0.05, 0.1) is 6.20 Å². The van der Waals surface area contributed by atoms with E-state index < -0.39 is 0 Å². The minimum atomic E-state index is 0.312. The number of nitrogens with zero attached hydrogens (tertiary/aromatic N) is 1. The Morgan fingerprint density at radius 1 is 0.955 bits per heavy atom. The van der Waals surface area contributed by atoms with Crippen LogP contribution >= 0.6 is 0 Å². The molecule has 2 bridgehead atoms. The molecule has 0 saturated carbocycles. The number of pyridine rings is 1. The SMILES string of the molecule is c1cncc(Oc2cccc(O[C@@H]3C[C@H]4CC[C@@H](C3)N4)c2)c1. The van der Waals surface area contributed by atoms with Gasteiger partial charge in [0, 0.05) is 24.3 Å². The van der Waals surface area contributed by atoms with E-state index >= 15 is 0 Å². The summed E-state index contributed by atoms with van der Waals surface area (Å²) in [6.07, 6.45) is 8.53. The molecule has 114 valence electrons. The van der Waals surface area contributed by atoms with E-state index in [0.29, 0.717) is 18.2 Å². The molecule has 4 heteroatoms. The van der Waals surface area contributed by atoms with Crippen LogP contribution in [0.15, 0.2) is 48.8 Å². The largest absolute Gasteiger partial charge is 0.490 e. The number of piperidine rings is 1. The summed E-state index contributed by atoms with van der Waals surface area (Å²) in [5.41, 5.74) is 0. The lowest BCUT2D eigenvalue weighted by Crippen LogP contribution is -2.42. The van der Waals surface area contributed by atoms with Gasteiger partial charge in [-0.05, 0) is 49.9 Å². The van der Waals surface area contributed by atoms with Crippen molar-refractivity contribution < 1.29 is 9.47 Å². The van der Waals surface area contributed by atoms with Crippen LogP contribution in [-0.2, 0) is 0 Å². The van der Waals surface area contributed by atoms with Crippen molar-refractivity contribution in [1.29, 1.82) is 0 Å². The molecule has 4 nitrogen and oxygen atoms in total. The molecule has 2 fully saturated rings. The van der Waals surface area contributed by atoms with Crippen LogP contribution in [0.4, 0.5) is 0 Å². The predicted octanol–water partition coefficient (Wildman–Crippen LogP) is 3.54. The highest BCUT2D eigenvalue weighted by molar-refractivity contribution is 5.36. The predicted molar refractivity (Wildman–Crippen MR) is 84.3 cm³/mol. The van der Waals surface area contributed by atoms with E-state index in [1.165, 1.54) is 12.8 Å². The number of aromatic nitrogens is 1.